The van der Waals surface area contributed by atoms with E-state index in [1.54, 1.807) is 28.2 Å². The average Bonchev–Trinajstić information content (AvgIpc) is 3.26. The topological polar surface area (TPSA) is 128 Å². The molecule has 3 N–H and O–H groups in total. The number of anilines is 1. The Morgan fingerprint density at radius 3 is 2.48 bits per heavy atom. The summed E-state index contributed by atoms with van der Waals surface area (Å²) in [6.07, 6.45) is 8.38. The molecule has 0 bridgehead atoms. The van der Waals surface area contributed by atoms with Crippen LogP contribution in [0.25, 0.3) is 11.3 Å². The highest BCUT2D eigenvalue weighted by Gasteiger charge is 2.32. The van der Waals surface area contributed by atoms with Crippen LogP contribution in [0.4, 0.5) is 15.4 Å². The second-order valence-corrected chi connectivity index (χ2v) is 8.04. The summed E-state index contributed by atoms with van der Waals surface area (Å²) in [6, 6.07) is 9.36. The van der Waals surface area contributed by atoms with E-state index in [4.69, 9.17) is 10.5 Å². The first-order valence-electron chi connectivity index (χ1n) is 10.9. The molecule has 33 heavy (non-hydrogen) atoms. The summed E-state index contributed by atoms with van der Waals surface area (Å²) in [6.45, 7) is 0.400. The van der Waals surface area contributed by atoms with Gasteiger partial charge in [0.25, 0.3) is 0 Å². The third kappa shape index (κ3) is 5.65. The predicted molar refractivity (Wildman–Crippen MR) is 122 cm³/mol. The van der Waals surface area contributed by atoms with Crippen LogP contribution in [0.3, 0.4) is 0 Å². The van der Waals surface area contributed by atoms with Crippen molar-refractivity contribution >= 4 is 17.9 Å². The van der Waals surface area contributed by atoms with Gasteiger partial charge in [0.2, 0.25) is 0 Å². The molecule has 3 aromatic rings. The molecule has 1 saturated carbocycles. The van der Waals surface area contributed by atoms with Crippen molar-refractivity contribution in [2.75, 3.05) is 4.90 Å². The van der Waals surface area contributed by atoms with E-state index >= 15 is 0 Å². The zero-order valence-corrected chi connectivity index (χ0v) is 18.4. The molecule has 0 spiro atoms. The lowest BCUT2D eigenvalue weighted by molar-refractivity contribution is 0.0786. The monoisotopic (exact) mass is 449 g/mol. The lowest BCUT2D eigenvalue weighted by Gasteiger charge is -2.35. The number of ether oxygens (including phenoxy) is 1. The number of nitrogens with zero attached hydrogens (tertiary/aromatic N) is 5. The lowest BCUT2D eigenvalue weighted by Crippen LogP contribution is -2.48. The summed E-state index contributed by atoms with van der Waals surface area (Å²) in [7, 11) is 1.84. The fourth-order valence-corrected chi connectivity index (χ4v) is 4.05. The fourth-order valence-electron chi connectivity index (χ4n) is 4.05. The van der Waals surface area contributed by atoms with Crippen molar-refractivity contribution < 1.29 is 14.3 Å². The summed E-state index contributed by atoms with van der Waals surface area (Å²) in [5, 5.41) is 7.15. The number of amides is 3. The first kappa shape index (κ1) is 22.3. The smallest absolute Gasteiger partial charge is 0.404 e. The van der Waals surface area contributed by atoms with Crippen LogP contribution < -0.4 is 16.0 Å². The van der Waals surface area contributed by atoms with Crippen molar-refractivity contribution in [3.63, 3.8) is 0 Å². The number of hydrogen-bond donors (Lipinski definition) is 2. The zero-order chi connectivity index (χ0) is 23.2. The highest BCUT2D eigenvalue weighted by atomic mass is 16.6. The number of carbonyl (C=O) groups excluding carboxylic acids is 2. The standard InChI is InChI=1S/C23H27N7O3/c1-29-15-17(12-28-29)20-13-26-21(14-25-20)30(18-7-9-19(10-8-18)33-22(24)31)23(32)27-11-16-5-3-2-4-6-16/h2-6,12-15,18-19H,7-11H2,1H3,(H2,24,31)(H,27,32)/t18-,19-. The van der Waals surface area contributed by atoms with Crippen LogP contribution in [0.2, 0.25) is 0 Å². The molecule has 10 nitrogen and oxygen atoms in total. The molecule has 0 aliphatic heterocycles. The van der Waals surface area contributed by atoms with Crippen LogP contribution in [0.1, 0.15) is 31.2 Å². The van der Waals surface area contributed by atoms with E-state index < -0.39 is 6.09 Å². The van der Waals surface area contributed by atoms with Crippen LogP contribution in [0.15, 0.2) is 55.1 Å². The summed E-state index contributed by atoms with van der Waals surface area (Å²) >= 11 is 0. The molecule has 0 atom stereocenters. The Morgan fingerprint density at radius 1 is 1.12 bits per heavy atom. The molecule has 1 aromatic carbocycles. The quantitative estimate of drug-likeness (QED) is 0.595. The molecular weight excluding hydrogens is 422 g/mol. The number of rotatable bonds is 6. The molecule has 2 aromatic heterocycles. The lowest BCUT2D eigenvalue weighted by atomic mass is 9.92. The molecule has 1 aliphatic rings. The van der Waals surface area contributed by atoms with Crippen molar-refractivity contribution in [2.45, 2.75) is 44.4 Å². The fraction of sp³-hybridized carbons (Fsp3) is 0.348. The SMILES string of the molecule is Cn1cc(-c2cnc(N(C(=O)NCc3ccccc3)[C@H]3CC[C@H](OC(N)=O)CC3)cn2)cn1. The molecule has 1 aliphatic carbocycles. The van der Waals surface area contributed by atoms with Gasteiger partial charge in [-0.3, -0.25) is 14.6 Å². The second-order valence-electron chi connectivity index (χ2n) is 8.04. The van der Waals surface area contributed by atoms with Crippen LogP contribution in [0.5, 0.6) is 0 Å². The number of primary amides is 1. The van der Waals surface area contributed by atoms with Gasteiger partial charge in [0.05, 0.1) is 24.3 Å². The van der Waals surface area contributed by atoms with Crippen LogP contribution >= 0.6 is 0 Å². The Kier molecular flexibility index (Phi) is 6.82. The van der Waals surface area contributed by atoms with E-state index in [0.29, 0.717) is 43.7 Å². The van der Waals surface area contributed by atoms with Crippen molar-refractivity contribution in [1.29, 1.82) is 0 Å². The second kappa shape index (κ2) is 10.1. The maximum atomic E-state index is 13.3. The summed E-state index contributed by atoms with van der Waals surface area (Å²) in [5.41, 5.74) is 7.68. The van der Waals surface area contributed by atoms with E-state index in [2.05, 4.69) is 20.4 Å². The minimum absolute atomic E-state index is 0.105. The number of benzene rings is 1. The highest BCUT2D eigenvalue weighted by molar-refractivity contribution is 5.91. The van der Waals surface area contributed by atoms with Crippen LogP contribution in [-0.2, 0) is 18.3 Å². The number of hydrogen-bond acceptors (Lipinski definition) is 6. The van der Waals surface area contributed by atoms with Crippen molar-refractivity contribution in [1.82, 2.24) is 25.1 Å². The van der Waals surface area contributed by atoms with Gasteiger partial charge in [0, 0.05) is 31.4 Å². The zero-order valence-electron chi connectivity index (χ0n) is 18.4. The van der Waals surface area contributed by atoms with Crippen LogP contribution in [-0.4, -0.2) is 44.0 Å². The summed E-state index contributed by atoms with van der Waals surface area (Å²) in [4.78, 5) is 35.1. The van der Waals surface area contributed by atoms with Gasteiger partial charge in [0.15, 0.2) is 5.82 Å². The number of nitrogens with two attached hydrogens (primary N) is 1. The van der Waals surface area contributed by atoms with Crippen molar-refractivity contribution in [2.24, 2.45) is 12.8 Å². The maximum Gasteiger partial charge on any atom is 0.404 e. The van der Waals surface area contributed by atoms with Gasteiger partial charge >= 0.3 is 12.1 Å². The minimum Gasteiger partial charge on any atom is -0.446 e. The molecule has 0 saturated heterocycles. The molecule has 3 amide bonds. The maximum absolute atomic E-state index is 13.3. The minimum atomic E-state index is -0.771. The van der Waals surface area contributed by atoms with E-state index in [1.165, 1.54) is 0 Å². The number of aromatic nitrogens is 4. The molecule has 10 heteroatoms. The Balaban J connectivity index is 1.52. The first-order valence-corrected chi connectivity index (χ1v) is 10.9. The van der Waals surface area contributed by atoms with Crippen molar-refractivity contribution in [3.8, 4) is 11.3 Å². The Morgan fingerprint density at radius 2 is 1.88 bits per heavy atom. The molecule has 4 rings (SSSR count). The van der Waals surface area contributed by atoms with E-state index in [-0.39, 0.29) is 18.2 Å². The van der Waals surface area contributed by atoms with Gasteiger partial charge in [-0.1, -0.05) is 30.3 Å². The van der Waals surface area contributed by atoms with Crippen molar-refractivity contribution in [3.05, 3.63) is 60.7 Å². The van der Waals surface area contributed by atoms with Gasteiger partial charge in [-0.05, 0) is 31.2 Å². The average molecular weight is 450 g/mol. The molecule has 1 fully saturated rings. The van der Waals surface area contributed by atoms with Gasteiger partial charge < -0.3 is 15.8 Å². The van der Waals surface area contributed by atoms with E-state index in [0.717, 1.165) is 11.1 Å². The number of aryl methyl sites for hydroxylation is 1. The van der Waals surface area contributed by atoms with E-state index in [9.17, 15) is 9.59 Å². The number of carbonyl (C=O) groups is 2. The van der Waals surface area contributed by atoms with Gasteiger partial charge in [-0.25, -0.2) is 14.6 Å². The molecule has 0 radical (unpaired) electrons. The van der Waals surface area contributed by atoms with Gasteiger partial charge in [0.1, 0.15) is 6.10 Å². The summed E-state index contributed by atoms with van der Waals surface area (Å²) < 4.78 is 6.84. The van der Waals surface area contributed by atoms with E-state index in [1.807, 2.05) is 43.6 Å². The number of nitrogens with one attached hydrogen (secondary N) is 1. The van der Waals surface area contributed by atoms with Gasteiger partial charge in [-0.15, -0.1) is 0 Å². The van der Waals surface area contributed by atoms with Crippen LogP contribution in [0, 0.1) is 0 Å². The largest absolute Gasteiger partial charge is 0.446 e. The third-order valence-corrected chi connectivity index (χ3v) is 5.68. The summed E-state index contributed by atoms with van der Waals surface area (Å²) in [5.74, 6) is 0.465. The Hall–Kier alpha value is -3.95. The molecular formula is C23H27N7O3. The molecule has 2 heterocycles. The predicted octanol–water partition coefficient (Wildman–Crippen LogP) is 3.00. The number of urea groups is 1. The Labute approximate surface area is 191 Å². The first-order chi connectivity index (χ1) is 16.0. The molecule has 172 valence electrons. The third-order valence-electron chi connectivity index (χ3n) is 5.68. The Bertz CT molecular complexity index is 1080. The van der Waals surface area contributed by atoms with Gasteiger partial charge in [-0.2, -0.15) is 5.10 Å². The molecule has 0 unspecified atom stereocenters. The highest BCUT2D eigenvalue weighted by Crippen LogP contribution is 2.28. The normalized spacial score (nSPS) is 17.8.